The first-order valence-electron chi connectivity index (χ1n) is 6.99. The molecule has 0 saturated carbocycles. The molecule has 5 nitrogen and oxygen atoms in total. The number of esters is 1. The van der Waals surface area contributed by atoms with Gasteiger partial charge in [-0.2, -0.15) is 0 Å². The highest BCUT2D eigenvalue weighted by Crippen LogP contribution is 2.16. The lowest BCUT2D eigenvalue weighted by Gasteiger charge is -2.18. The van der Waals surface area contributed by atoms with E-state index in [0.29, 0.717) is 12.2 Å². The number of benzene rings is 1. The predicted molar refractivity (Wildman–Crippen MR) is 86.4 cm³/mol. The van der Waals surface area contributed by atoms with Crippen molar-refractivity contribution in [2.75, 3.05) is 12.9 Å². The molecule has 0 heterocycles. The Balaban J connectivity index is 2.73. The second-order valence-electron chi connectivity index (χ2n) is 4.94. The van der Waals surface area contributed by atoms with Gasteiger partial charge in [-0.3, -0.25) is 9.59 Å². The molecule has 1 aromatic rings. The fourth-order valence-corrected chi connectivity index (χ4v) is 2.62. The molecule has 0 fully saturated rings. The number of amides is 1. The zero-order chi connectivity index (χ0) is 16.5. The van der Waals surface area contributed by atoms with E-state index < -0.39 is 12.0 Å². The second-order valence-corrected chi connectivity index (χ2v) is 6.14. The molecule has 0 aliphatic rings. The van der Waals surface area contributed by atoms with Crippen LogP contribution in [0.1, 0.15) is 19.4 Å². The molecule has 22 heavy (non-hydrogen) atoms. The third-order valence-corrected chi connectivity index (χ3v) is 4.07. The first kappa shape index (κ1) is 18.2. The number of hydrogen-bond acceptors (Lipinski definition) is 5. The smallest absolute Gasteiger partial charge is 0.328 e. The summed E-state index contributed by atoms with van der Waals surface area (Å²) in [7, 11) is 1.28. The van der Waals surface area contributed by atoms with Gasteiger partial charge in [0, 0.05) is 12.7 Å². The Kier molecular flexibility index (Phi) is 7.66. The standard InChI is InChI=1S/C16H21NO4S/c1-11(16(20)21-3)17-15(19)14(10-22-12(2)18)9-13-7-5-4-6-8-13/h4-8,11,14H,9-10H2,1-3H3,(H,17,19)/t11-,14+/m0/s1. The monoisotopic (exact) mass is 323 g/mol. The fourth-order valence-electron chi connectivity index (χ4n) is 1.91. The van der Waals surface area contributed by atoms with Gasteiger partial charge in [0.1, 0.15) is 6.04 Å². The molecule has 0 bridgehead atoms. The zero-order valence-electron chi connectivity index (χ0n) is 13.0. The molecule has 1 aromatic carbocycles. The number of nitrogens with one attached hydrogen (secondary N) is 1. The summed E-state index contributed by atoms with van der Waals surface area (Å²) < 4.78 is 4.60. The minimum absolute atomic E-state index is 0.0353. The number of rotatable bonds is 7. The summed E-state index contributed by atoms with van der Waals surface area (Å²) in [5, 5.41) is 2.60. The van der Waals surface area contributed by atoms with E-state index in [0.717, 1.165) is 17.3 Å². The quantitative estimate of drug-likeness (QED) is 0.775. The summed E-state index contributed by atoms with van der Waals surface area (Å²) in [5.41, 5.74) is 1.01. The molecule has 0 unspecified atom stereocenters. The van der Waals surface area contributed by atoms with Gasteiger partial charge in [0.25, 0.3) is 0 Å². The number of hydrogen-bond donors (Lipinski definition) is 1. The van der Waals surface area contributed by atoms with Crippen LogP contribution in [-0.2, 0) is 25.5 Å². The molecule has 120 valence electrons. The first-order valence-corrected chi connectivity index (χ1v) is 7.98. The van der Waals surface area contributed by atoms with Gasteiger partial charge in [-0.1, -0.05) is 42.1 Å². The maximum Gasteiger partial charge on any atom is 0.328 e. The van der Waals surface area contributed by atoms with E-state index in [9.17, 15) is 14.4 Å². The van der Waals surface area contributed by atoms with Crippen molar-refractivity contribution < 1.29 is 19.1 Å². The van der Waals surface area contributed by atoms with Crippen LogP contribution in [0.3, 0.4) is 0 Å². The number of methoxy groups -OCH3 is 1. The third kappa shape index (κ3) is 6.30. The van der Waals surface area contributed by atoms with E-state index >= 15 is 0 Å². The van der Waals surface area contributed by atoms with Crippen LogP contribution in [0.4, 0.5) is 0 Å². The van der Waals surface area contributed by atoms with Gasteiger partial charge < -0.3 is 10.1 Å². The van der Waals surface area contributed by atoms with Crippen LogP contribution in [-0.4, -0.2) is 35.9 Å². The van der Waals surface area contributed by atoms with E-state index in [1.54, 1.807) is 6.92 Å². The molecule has 6 heteroatoms. The zero-order valence-corrected chi connectivity index (χ0v) is 13.8. The lowest BCUT2D eigenvalue weighted by Crippen LogP contribution is -2.43. The molecule has 0 saturated heterocycles. The van der Waals surface area contributed by atoms with E-state index in [1.807, 2.05) is 30.3 Å². The molecule has 0 aliphatic heterocycles. The second kappa shape index (κ2) is 9.25. The van der Waals surface area contributed by atoms with Crippen molar-refractivity contribution >= 4 is 28.8 Å². The molecular formula is C16H21NO4S. The largest absolute Gasteiger partial charge is 0.467 e. The average Bonchev–Trinajstić information content (AvgIpc) is 2.51. The minimum atomic E-state index is -0.710. The molecule has 0 radical (unpaired) electrons. The Morgan fingerprint density at radius 1 is 1.23 bits per heavy atom. The summed E-state index contributed by atoms with van der Waals surface area (Å²) in [6.45, 7) is 3.04. The number of carbonyl (C=O) groups is 3. The number of ether oxygens (including phenoxy) is 1. The highest BCUT2D eigenvalue weighted by atomic mass is 32.2. The van der Waals surface area contributed by atoms with Crippen LogP contribution >= 0.6 is 11.8 Å². The normalized spacial score (nSPS) is 13.0. The Morgan fingerprint density at radius 3 is 2.41 bits per heavy atom. The van der Waals surface area contributed by atoms with Crippen molar-refractivity contribution in [3.05, 3.63) is 35.9 Å². The van der Waals surface area contributed by atoms with E-state index in [4.69, 9.17) is 0 Å². The van der Waals surface area contributed by atoms with E-state index in [2.05, 4.69) is 10.1 Å². The van der Waals surface area contributed by atoms with E-state index in [-0.39, 0.29) is 16.9 Å². The molecule has 0 aromatic heterocycles. The molecule has 0 aliphatic carbocycles. The summed E-state index contributed by atoms with van der Waals surface area (Å²) >= 11 is 1.11. The van der Waals surface area contributed by atoms with Gasteiger partial charge in [-0.05, 0) is 18.9 Å². The Hall–Kier alpha value is -1.82. The van der Waals surface area contributed by atoms with Crippen LogP contribution in [0.25, 0.3) is 0 Å². The first-order chi connectivity index (χ1) is 10.4. The third-order valence-electron chi connectivity index (χ3n) is 3.10. The molecule has 1 N–H and O–H groups in total. The highest BCUT2D eigenvalue weighted by molar-refractivity contribution is 8.13. The Morgan fingerprint density at radius 2 is 1.86 bits per heavy atom. The van der Waals surface area contributed by atoms with Gasteiger partial charge in [0.2, 0.25) is 5.91 Å². The highest BCUT2D eigenvalue weighted by Gasteiger charge is 2.24. The van der Waals surface area contributed by atoms with Crippen LogP contribution in [0.15, 0.2) is 30.3 Å². The topological polar surface area (TPSA) is 72.5 Å². The summed E-state index contributed by atoms with van der Waals surface area (Å²) in [4.78, 5) is 34.9. The molecule has 0 spiro atoms. The predicted octanol–water partition coefficient (Wildman–Crippen LogP) is 1.80. The SMILES string of the molecule is COC(=O)[C@H](C)NC(=O)[C@@H](CSC(C)=O)Cc1ccccc1. The van der Waals surface area contributed by atoms with Gasteiger partial charge in [-0.25, -0.2) is 4.79 Å². The molecule has 1 rings (SSSR count). The lowest BCUT2D eigenvalue weighted by molar-refractivity contribution is -0.144. The van der Waals surface area contributed by atoms with Gasteiger partial charge >= 0.3 is 5.97 Å². The Bertz CT molecular complexity index is 518. The van der Waals surface area contributed by atoms with Gasteiger partial charge in [-0.15, -0.1) is 0 Å². The van der Waals surface area contributed by atoms with Crippen LogP contribution in [0.5, 0.6) is 0 Å². The van der Waals surface area contributed by atoms with Gasteiger partial charge in [0.05, 0.1) is 13.0 Å². The van der Waals surface area contributed by atoms with Crippen molar-refractivity contribution in [2.24, 2.45) is 5.92 Å². The summed E-state index contributed by atoms with van der Waals surface area (Å²) in [5.74, 6) is -0.755. The van der Waals surface area contributed by atoms with Crippen LogP contribution < -0.4 is 5.32 Å². The minimum Gasteiger partial charge on any atom is -0.467 e. The average molecular weight is 323 g/mol. The van der Waals surface area contributed by atoms with Gasteiger partial charge in [0.15, 0.2) is 5.12 Å². The Labute approximate surface area is 134 Å². The van der Waals surface area contributed by atoms with Crippen LogP contribution in [0.2, 0.25) is 0 Å². The van der Waals surface area contributed by atoms with Crippen molar-refractivity contribution in [3.8, 4) is 0 Å². The number of carbonyl (C=O) groups excluding carboxylic acids is 3. The van der Waals surface area contributed by atoms with Crippen molar-refractivity contribution in [1.29, 1.82) is 0 Å². The molecule has 1 amide bonds. The maximum absolute atomic E-state index is 12.3. The molecule has 2 atom stereocenters. The van der Waals surface area contributed by atoms with Crippen molar-refractivity contribution in [3.63, 3.8) is 0 Å². The van der Waals surface area contributed by atoms with Crippen molar-refractivity contribution in [1.82, 2.24) is 5.32 Å². The summed E-state index contributed by atoms with van der Waals surface area (Å²) in [6.07, 6.45) is 0.515. The maximum atomic E-state index is 12.3. The van der Waals surface area contributed by atoms with E-state index in [1.165, 1.54) is 14.0 Å². The summed E-state index contributed by atoms with van der Waals surface area (Å²) in [6, 6.07) is 8.87. The van der Waals surface area contributed by atoms with Crippen molar-refractivity contribution in [2.45, 2.75) is 26.3 Å². The lowest BCUT2D eigenvalue weighted by atomic mass is 10.00. The van der Waals surface area contributed by atoms with Crippen LogP contribution in [0, 0.1) is 5.92 Å². The number of thioether (sulfide) groups is 1. The molecular weight excluding hydrogens is 302 g/mol. The fraction of sp³-hybridized carbons (Fsp3) is 0.438.